The van der Waals surface area contributed by atoms with Gasteiger partial charge in [-0.3, -0.25) is 0 Å². The van der Waals surface area contributed by atoms with Crippen molar-refractivity contribution in [2.24, 2.45) is 0 Å². The predicted octanol–water partition coefficient (Wildman–Crippen LogP) is 3.64. The van der Waals surface area contributed by atoms with Gasteiger partial charge in [0.1, 0.15) is 0 Å². The third kappa shape index (κ3) is 3.46. The Bertz CT molecular complexity index is 498. The summed E-state index contributed by atoms with van der Waals surface area (Å²) in [6.07, 6.45) is 2.02. The van der Waals surface area contributed by atoms with Gasteiger partial charge in [-0.25, -0.2) is 0 Å². The molecule has 1 N–H and O–H groups in total. The smallest absolute Gasteiger partial charge is 0.232 e. The van der Waals surface area contributed by atoms with Gasteiger partial charge in [-0.05, 0) is 53.7 Å². The molecule has 0 aliphatic rings. The van der Waals surface area contributed by atoms with E-state index in [1.165, 1.54) is 4.90 Å². The molecule has 0 saturated carbocycles. The normalized spacial score (nSPS) is 10.3. The summed E-state index contributed by atoms with van der Waals surface area (Å²) >= 11 is 13.0. The number of nitrogens with one attached hydrogen (secondary N) is 1. The molecule has 0 bridgehead atoms. The van der Waals surface area contributed by atoms with Crippen molar-refractivity contribution in [3.8, 4) is 0 Å². The Balaban J connectivity index is 2.19. The second-order valence-electron chi connectivity index (χ2n) is 3.05. The summed E-state index contributed by atoms with van der Waals surface area (Å²) in [5.41, 5.74) is 0.862. The predicted molar refractivity (Wildman–Crippen MR) is 71.4 cm³/mol. The Hall–Kier alpha value is -1.04. The highest BCUT2D eigenvalue weighted by molar-refractivity contribution is 7.98. The molecule has 2 rings (SSSR count). The highest BCUT2D eigenvalue weighted by Crippen LogP contribution is 2.20. The van der Waals surface area contributed by atoms with Crippen molar-refractivity contribution in [1.29, 1.82) is 0 Å². The lowest BCUT2D eigenvalue weighted by atomic mass is 10.3. The second kappa shape index (κ2) is 5.53. The van der Waals surface area contributed by atoms with Gasteiger partial charge < -0.3 is 5.32 Å². The number of halogens is 2. The van der Waals surface area contributed by atoms with Gasteiger partial charge in [-0.1, -0.05) is 0 Å². The fourth-order valence-electron chi connectivity index (χ4n) is 1.19. The summed E-state index contributed by atoms with van der Waals surface area (Å²) in [5.74, 6) is 0.326. The number of aromatic nitrogens is 3. The van der Waals surface area contributed by atoms with Crippen LogP contribution in [-0.4, -0.2) is 21.2 Å². The lowest BCUT2D eigenvalue weighted by molar-refractivity contribution is 1.05. The van der Waals surface area contributed by atoms with Gasteiger partial charge in [0.05, 0.1) is 0 Å². The molecule has 1 heterocycles. The van der Waals surface area contributed by atoms with E-state index in [1.807, 2.05) is 30.5 Å². The number of anilines is 2. The molecule has 0 aliphatic heterocycles. The molecule has 4 nitrogen and oxygen atoms in total. The van der Waals surface area contributed by atoms with Crippen molar-refractivity contribution < 1.29 is 0 Å². The van der Waals surface area contributed by atoms with Crippen LogP contribution in [0.1, 0.15) is 0 Å². The number of nitrogens with zero attached hydrogens (tertiary/aromatic N) is 3. The molecule has 0 fully saturated rings. The van der Waals surface area contributed by atoms with E-state index in [0.717, 1.165) is 5.69 Å². The van der Waals surface area contributed by atoms with Crippen LogP contribution in [0.2, 0.25) is 10.6 Å². The molecule has 0 atom stereocenters. The molecule has 0 radical (unpaired) electrons. The first-order chi connectivity index (χ1) is 8.17. The van der Waals surface area contributed by atoms with Crippen LogP contribution in [0.25, 0.3) is 0 Å². The molecule has 0 spiro atoms. The first kappa shape index (κ1) is 12.4. The molecule has 0 amide bonds. The Labute approximate surface area is 113 Å². The summed E-state index contributed by atoms with van der Waals surface area (Å²) in [4.78, 5) is 12.7. The van der Waals surface area contributed by atoms with Crippen LogP contribution >= 0.6 is 35.0 Å². The van der Waals surface area contributed by atoms with E-state index < -0.39 is 0 Å². The molecule has 17 heavy (non-hydrogen) atoms. The van der Waals surface area contributed by atoms with Gasteiger partial charge in [-0.2, -0.15) is 15.0 Å². The number of hydrogen-bond acceptors (Lipinski definition) is 5. The number of thioether (sulfide) groups is 1. The van der Waals surface area contributed by atoms with E-state index in [9.17, 15) is 0 Å². The summed E-state index contributed by atoms with van der Waals surface area (Å²) < 4.78 is 0. The average Bonchev–Trinajstić information content (AvgIpc) is 2.28. The molecular formula is C10H8Cl2N4S. The van der Waals surface area contributed by atoms with E-state index in [4.69, 9.17) is 23.2 Å². The third-order valence-corrected chi connectivity index (χ3v) is 3.01. The Morgan fingerprint density at radius 1 is 1.00 bits per heavy atom. The van der Waals surface area contributed by atoms with E-state index in [0.29, 0.717) is 5.95 Å². The van der Waals surface area contributed by atoms with Gasteiger partial charge in [0.25, 0.3) is 0 Å². The minimum atomic E-state index is 0.0632. The van der Waals surface area contributed by atoms with E-state index in [2.05, 4.69) is 20.3 Å². The minimum absolute atomic E-state index is 0.0632. The van der Waals surface area contributed by atoms with Crippen LogP contribution in [0.4, 0.5) is 11.6 Å². The largest absolute Gasteiger partial charge is 0.324 e. The van der Waals surface area contributed by atoms with Crippen LogP contribution in [0.15, 0.2) is 29.2 Å². The van der Waals surface area contributed by atoms with Gasteiger partial charge in [0, 0.05) is 10.6 Å². The monoisotopic (exact) mass is 286 g/mol. The quantitative estimate of drug-likeness (QED) is 0.873. The lowest BCUT2D eigenvalue weighted by Gasteiger charge is -2.05. The molecule has 2 aromatic rings. The van der Waals surface area contributed by atoms with Crippen LogP contribution < -0.4 is 5.32 Å². The Morgan fingerprint density at radius 2 is 1.59 bits per heavy atom. The number of rotatable bonds is 3. The van der Waals surface area contributed by atoms with E-state index in [-0.39, 0.29) is 10.6 Å². The van der Waals surface area contributed by atoms with Crippen molar-refractivity contribution in [1.82, 2.24) is 15.0 Å². The molecule has 0 saturated heterocycles. The van der Waals surface area contributed by atoms with Crippen LogP contribution in [-0.2, 0) is 0 Å². The maximum absolute atomic E-state index is 5.67. The molecule has 1 aromatic carbocycles. The van der Waals surface area contributed by atoms with Crippen molar-refractivity contribution in [2.45, 2.75) is 4.90 Å². The molecule has 0 unspecified atom stereocenters. The average molecular weight is 287 g/mol. The first-order valence-electron chi connectivity index (χ1n) is 4.65. The maximum atomic E-state index is 5.67. The summed E-state index contributed by atoms with van der Waals surface area (Å²) in [6.45, 7) is 0. The lowest BCUT2D eigenvalue weighted by Crippen LogP contribution is -1.99. The minimum Gasteiger partial charge on any atom is -0.324 e. The van der Waals surface area contributed by atoms with Gasteiger partial charge in [0.15, 0.2) is 0 Å². The molecule has 7 heteroatoms. The second-order valence-corrected chi connectivity index (χ2v) is 4.61. The van der Waals surface area contributed by atoms with Crippen LogP contribution in [0.3, 0.4) is 0 Å². The first-order valence-corrected chi connectivity index (χ1v) is 6.63. The van der Waals surface area contributed by atoms with Crippen LogP contribution in [0.5, 0.6) is 0 Å². The summed E-state index contributed by atoms with van der Waals surface area (Å²) in [5, 5.41) is 3.12. The van der Waals surface area contributed by atoms with Crippen molar-refractivity contribution in [3.63, 3.8) is 0 Å². The van der Waals surface area contributed by atoms with E-state index >= 15 is 0 Å². The molecule has 88 valence electrons. The fraction of sp³-hybridized carbons (Fsp3) is 0.100. The maximum Gasteiger partial charge on any atom is 0.232 e. The van der Waals surface area contributed by atoms with Gasteiger partial charge in [-0.15, -0.1) is 11.8 Å². The molecule has 0 aliphatic carbocycles. The summed E-state index contributed by atoms with van der Waals surface area (Å²) in [6, 6.07) is 7.85. The zero-order valence-electron chi connectivity index (χ0n) is 8.82. The Kier molecular flexibility index (Phi) is 4.04. The highest BCUT2D eigenvalue weighted by Gasteiger charge is 2.03. The van der Waals surface area contributed by atoms with Crippen molar-refractivity contribution in [2.75, 3.05) is 11.6 Å². The number of benzene rings is 1. The Morgan fingerprint density at radius 3 is 2.12 bits per heavy atom. The van der Waals surface area contributed by atoms with Gasteiger partial charge >= 0.3 is 0 Å². The van der Waals surface area contributed by atoms with Crippen molar-refractivity contribution >= 4 is 46.6 Å². The topological polar surface area (TPSA) is 50.7 Å². The fourth-order valence-corrected chi connectivity index (χ4v) is 1.96. The standard InChI is InChI=1S/C10H8Cl2N4S/c1-17-7-4-2-6(3-5-7)13-10-15-8(11)14-9(12)16-10/h2-5H,1H3,(H,13,14,15,16). The van der Waals surface area contributed by atoms with Crippen LogP contribution in [0, 0.1) is 0 Å². The number of hydrogen-bond donors (Lipinski definition) is 1. The zero-order valence-corrected chi connectivity index (χ0v) is 11.1. The molecule has 1 aromatic heterocycles. The highest BCUT2D eigenvalue weighted by atomic mass is 35.5. The third-order valence-electron chi connectivity index (χ3n) is 1.93. The van der Waals surface area contributed by atoms with Gasteiger partial charge in [0.2, 0.25) is 16.5 Å². The SMILES string of the molecule is CSc1ccc(Nc2nc(Cl)nc(Cl)n2)cc1. The zero-order chi connectivity index (χ0) is 12.3. The van der Waals surface area contributed by atoms with Crippen molar-refractivity contribution in [3.05, 3.63) is 34.8 Å². The molecular weight excluding hydrogens is 279 g/mol. The summed E-state index contributed by atoms with van der Waals surface area (Å²) in [7, 11) is 0. The van der Waals surface area contributed by atoms with E-state index in [1.54, 1.807) is 11.8 Å².